The number of aliphatic carboxylic acids is 1. The van der Waals surface area contributed by atoms with E-state index in [1.165, 1.54) is 0 Å². The molecule has 1 saturated heterocycles. The molecule has 1 aromatic rings. The highest BCUT2D eigenvalue weighted by Crippen LogP contribution is 2.03. The molecule has 0 atom stereocenters. The van der Waals surface area contributed by atoms with Crippen molar-refractivity contribution >= 4 is 12.0 Å². The predicted molar refractivity (Wildman–Crippen MR) is 66.6 cm³/mol. The average Bonchev–Trinajstić information content (AvgIpc) is 2.89. The topological polar surface area (TPSA) is 86.0 Å². The van der Waals surface area contributed by atoms with Gasteiger partial charge in [0.05, 0.1) is 19.1 Å². The van der Waals surface area contributed by atoms with E-state index in [0.29, 0.717) is 32.7 Å². The van der Waals surface area contributed by atoms with Gasteiger partial charge in [0.1, 0.15) is 0 Å². The van der Waals surface area contributed by atoms with Crippen molar-refractivity contribution in [3.8, 4) is 0 Å². The summed E-state index contributed by atoms with van der Waals surface area (Å²) >= 11 is 0. The van der Waals surface area contributed by atoms with Crippen LogP contribution >= 0.6 is 0 Å². The largest absolute Gasteiger partial charge is 0.480 e. The molecule has 2 N–H and O–H groups in total. The summed E-state index contributed by atoms with van der Waals surface area (Å²) < 4.78 is 4.92. The molecule has 0 bridgehead atoms. The Morgan fingerprint density at radius 2 is 2.05 bits per heavy atom. The lowest BCUT2D eigenvalue weighted by Crippen LogP contribution is -2.52. The van der Waals surface area contributed by atoms with E-state index < -0.39 is 5.97 Å². The van der Waals surface area contributed by atoms with E-state index in [9.17, 15) is 9.59 Å². The summed E-state index contributed by atoms with van der Waals surface area (Å²) in [5.74, 6) is -0.835. The lowest BCUT2D eigenvalue weighted by molar-refractivity contribution is -0.138. The Hall–Kier alpha value is -2.02. The van der Waals surface area contributed by atoms with Crippen LogP contribution in [0.25, 0.3) is 0 Å². The standard InChI is InChI=1S/C12H17N3O4/c16-11(17)8-14-2-4-15(5-3-14)12(18)13-7-10-1-6-19-9-10/h1,6,9H,2-5,7-8H2,(H,13,18)(H,16,17). The first-order valence-corrected chi connectivity index (χ1v) is 6.13. The van der Waals surface area contributed by atoms with Crippen molar-refractivity contribution in [2.45, 2.75) is 6.54 Å². The van der Waals surface area contributed by atoms with Crippen molar-refractivity contribution in [3.63, 3.8) is 0 Å². The Bertz CT molecular complexity index is 424. The molecule has 1 aliphatic heterocycles. The van der Waals surface area contributed by atoms with E-state index in [2.05, 4.69) is 5.32 Å². The Kier molecular flexibility index (Phi) is 4.40. The van der Waals surface area contributed by atoms with Gasteiger partial charge < -0.3 is 19.7 Å². The molecule has 2 rings (SSSR count). The number of carboxylic acid groups (broad SMARTS) is 1. The zero-order valence-electron chi connectivity index (χ0n) is 10.5. The third-order valence-corrected chi connectivity index (χ3v) is 3.04. The fourth-order valence-corrected chi connectivity index (χ4v) is 1.98. The van der Waals surface area contributed by atoms with Crippen molar-refractivity contribution in [1.29, 1.82) is 0 Å². The lowest BCUT2D eigenvalue weighted by Gasteiger charge is -2.33. The van der Waals surface area contributed by atoms with Gasteiger partial charge in [0.2, 0.25) is 0 Å². The first kappa shape index (κ1) is 13.4. The molecular weight excluding hydrogens is 250 g/mol. The van der Waals surface area contributed by atoms with Crippen LogP contribution in [0.15, 0.2) is 23.0 Å². The van der Waals surface area contributed by atoms with Gasteiger partial charge in [0.15, 0.2) is 0 Å². The Morgan fingerprint density at radius 3 is 2.63 bits per heavy atom. The zero-order chi connectivity index (χ0) is 13.7. The van der Waals surface area contributed by atoms with Crippen LogP contribution in [0, 0.1) is 0 Å². The van der Waals surface area contributed by atoms with Crippen molar-refractivity contribution < 1.29 is 19.1 Å². The minimum atomic E-state index is -0.835. The number of nitrogens with one attached hydrogen (secondary N) is 1. The quantitative estimate of drug-likeness (QED) is 0.813. The number of carbonyl (C=O) groups is 2. The molecule has 0 unspecified atom stereocenters. The van der Waals surface area contributed by atoms with E-state index in [-0.39, 0.29) is 12.6 Å². The fraction of sp³-hybridized carbons (Fsp3) is 0.500. The van der Waals surface area contributed by atoms with Crippen LogP contribution in [0.1, 0.15) is 5.56 Å². The van der Waals surface area contributed by atoms with Crippen molar-refractivity contribution in [2.24, 2.45) is 0 Å². The van der Waals surface area contributed by atoms with E-state index in [0.717, 1.165) is 5.56 Å². The molecule has 19 heavy (non-hydrogen) atoms. The second-order valence-corrected chi connectivity index (χ2v) is 4.45. The van der Waals surface area contributed by atoms with Crippen LogP contribution in [-0.2, 0) is 11.3 Å². The minimum Gasteiger partial charge on any atom is -0.480 e. The van der Waals surface area contributed by atoms with Gasteiger partial charge in [0.25, 0.3) is 0 Å². The van der Waals surface area contributed by atoms with Crippen molar-refractivity contribution in [2.75, 3.05) is 32.7 Å². The zero-order valence-corrected chi connectivity index (χ0v) is 10.5. The van der Waals surface area contributed by atoms with Gasteiger partial charge in [-0.2, -0.15) is 0 Å². The number of urea groups is 1. The number of furan rings is 1. The molecule has 0 saturated carbocycles. The molecule has 1 fully saturated rings. The van der Waals surface area contributed by atoms with Crippen molar-refractivity contribution in [1.82, 2.24) is 15.1 Å². The van der Waals surface area contributed by atoms with Gasteiger partial charge >= 0.3 is 12.0 Å². The van der Waals surface area contributed by atoms with Gasteiger partial charge in [-0.1, -0.05) is 0 Å². The first-order chi connectivity index (χ1) is 9.15. The summed E-state index contributed by atoms with van der Waals surface area (Å²) in [6.07, 6.45) is 3.15. The molecule has 0 aliphatic carbocycles. The Balaban J connectivity index is 1.71. The van der Waals surface area contributed by atoms with E-state index in [1.807, 2.05) is 4.90 Å². The van der Waals surface area contributed by atoms with E-state index in [4.69, 9.17) is 9.52 Å². The number of carboxylic acids is 1. The number of amides is 2. The van der Waals surface area contributed by atoms with Crippen LogP contribution in [-0.4, -0.2) is 59.6 Å². The number of rotatable bonds is 4. The monoisotopic (exact) mass is 267 g/mol. The minimum absolute atomic E-state index is 0.0322. The third kappa shape index (κ3) is 3.99. The second-order valence-electron chi connectivity index (χ2n) is 4.45. The predicted octanol–water partition coefficient (Wildman–Crippen LogP) is 0.191. The highest BCUT2D eigenvalue weighted by molar-refractivity contribution is 5.74. The number of hydrogen-bond donors (Lipinski definition) is 2. The molecule has 2 amide bonds. The van der Waals surface area contributed by atoms with Gasteiger partial charge in [0, 0.05) is 38.3 Å². The summed E-state index contributed by atoms with van der Waals surface area (Å²) in [4.78, 5) is 26.0. The van der Waals surface area contributed by atoms with Crippen LogP contribution in [0.2, 0.25) is 0 Å². The molecule has 7 nitrogen and oxygen atoms in total. The molecule has 1 aliphatic rings. The van der Waals surface area contributed by atoms with Gasteiger partial charge in [-0.05, 0) is 6.07 Å². The highest BCUT2D eigenvalue weighted by atomic mass is 16.4. The van der Waals surface area contributed by atoms with Crippen LogP contribution in [0.3, 0.4) is 0 Å². The maximum atomic E-state index is 11.9. The number of carbonyl (C=O) groups excluding carboxylic acids is 1. The fourth-order valence-electron chi connectivity index (χ4n) is 1.98. The average molecular weight is 267 g/mol. The molecule has 104 valence electrons. The number of piperazine rings is 1. The molecular formula is C12H17N3O4. The maximum Gasteiger partial charge on any atom is 0.317 e. The molecule has 0 spiro atoms. The van der Waals surface area contributed by atoms with Crippen LogP contribution in [0.5, 0.6) is 0 Å². The van der Waals surface area contributed by atoms with Crippen molar-refractivity contribution in [3.05, 3.63) is 24.2 Å². The number of hydrogen-bond acceptors (Lipinski definition) is 4. The molecule has 1 aromatic heterocycles. The molecule has 7 heteroatoms. The maximum absolute atomic E-state index is 11.9. The third-order valence-electron chi connectivity index (χ3n) is 3.04. The smallest absolute Gasteiger partial charge is 0.317 e. The lowest BCUT2D eigenvalue weighted by atomic mass is 10.3. The van der Waals surface area contributed by atoms with Crippen LogP contribution < -0.4 is 5.32 Å². The molecule has 0 radical (unpaired) electrons. The second kappa shape index (κ2) is 6.24. The SMILES string of the molecule is O=C(O)CN1CCN(C(=O)NCc2ccoc2)CC1. The van der Waals surface area contributed by atoms with E-state index in [1.54, 1.807) is 23.5 Å². The van der Waals surface area contributed by atoms with Crippen LogP contribution in [0.4, 0.5) is 4.79 Å². The van der Waals surface area contributed by atoms with Gasteiger partial charge in [-0.15, -0.1) is 0 Å². The Morgan fingerprint density at radius 1 is 1.32 bits per heavy atom. The summed E-state index contributed by atoms with van der Waals surface area (Å²) in [6, 6.07) is 1.67. The summed E-state index contributed by atoms with van der Waals surface area (Å²) in [5, 5.41) is 11.5. The Labute approximate surface area is 110 Å². The summed E-state index contributed by atoms with van der Waals surface area (Å²) in [6.45, 7) is 2.74. The van der Waals surface area contributed by atoms with Gasteiger partial charge in [-0.25, -0.2) is 4.79 Å². The van der Waals surface area contributed by atoms with Gasteiger partial charge in [-0.3, -0.25) is 9.69 Å². The normalized spacial score (nSPS) is 16.3. The summed E-state index contributed by atoms with van der Waals surface area (Å²) in [7, 11) is 0. The molecule has 0 aromatic carbocycles. The summed E-state index contributed by atoms with van der Waals surface area (Å²) in [5.41, 5.74) is 0.915. The molecule has 2 heterocycles. The highest BCUT2D eigenvalue weighted by Gasteiger charge is 2.21. The number of nitrogens with zero attached hydrogens (tertiary/aromatic N) is 2. The van der Waals surface area contributed by atoms with E-state index >= 15 is 0 Å². The first-order valence-electron chi connectivity index (χ1n) is 6.13.